The van der Waals surface area contributed by atoms with Crippen molar-refractivity contribution in [1.29, 1.82) is 0 Å². The Hall–Kier alpha value is -0.610. The monoisotopic (exact) mass is 271 g/mol. The highest BCUT2D eigenvalue weighted by atomic mass is 35.5. The number of methoxy groups -OCH3 is 2. The van der Waals surface area contributed by atoms with Crippen LogP contribution in [0.5, 0.6) is 0 Å². The van der Waals surface area contributed by atoms with Crippen LogP contribution in [0.3, 0.4) is 0 Å². The fraction of sp³-hybridized carbons (Fsp3) is 0.571. The molecule has 0 heterocycles. The van der Waals surface area contributed by atoms with Crippen molar-refractivity contribution in [3.63, 3.8) is 0 Å². The molecule has 1 N–H and O–H groups in total. The first kappa shape index (κ1) is 15.4. The molecule has 3 nitrogen and oxygen atoms in total. The van der Waals surface area contributed by atoms with Gasteiger partial charge < -0.3 is 14.8 Å². The molecule has 0 fully saturated rings. The minimum absolute atomic E-state index is 0.466. The van der Waals surface area contributed by atoms with Gasteiger partial charge in [-0.15, -0.1) is 0 Å². The maximum atomic E-state index is 5.88. The van der Waals surface area contributed by atoms with Crippen molar-refractivity contribution in [2.45, 2.75) is 6.42 Å². The van der Waals surface area contributed by atoms with E-state index >= 15 is 0 Å². The number of benzene rings is 1. The van der Waals surface area contributed by atoms with E-state index in [0.29, 0.717) is 5.92 Å². The number of halogens is 1. The maximum absolute atomic E-state index is 5.88. The van der Waals surface area contributed by atoms with Crippen molar-refractivity contribution >= 4 is 11.6 Å². The van der Waals surface area contributed by atoms with Crippen LogP contribution in [-0.2, 0) is 15.9 Å². The highest BCUT2D eigenvalue weighted by molar-refractivity contribution is 6.30. The van der Waals surface area contributed by atoms with Gasteiger partial charge in [0, 0.05) is 32.3 Å². The first-order chi connectivity index (χ1) is 8.76. The molecule has 102 valence electrons. The van der Waals surface area contributed by atoms with Gasteiger partial charge in [0.25, 0.3) is 0 Å². The summed E-state index contributed by atoms with van der Waals surface area (Å²) >= 11 is 5.88. The molecule has 0 aliphatic heterocycles. The molecule has 0 saturated heterocycles. The molecule has 18 heavy (non-hydrogen) atoms. The van der Waals surface area contributed by atoms with Crippen molar-refractivity contribution in [1.82, 2.24) is 5.32 Å². The number of rotatable bonds is 9. The SMILES string of the molecule is COCCNCC(COC)Cc1ccc(Cl)cc1. The largest absolute Gasteiger partial charge is 0.384 e. The van der Waals surface area contributed by atoms with Gasteiger partial charge in [-0.25, -0.2) is 0 Å². The first-order valence-electron chi connectivity index (χ1n) is 6.19. The van der Waals surface area contributed by atoms with Crippen LogP contribution in [-0.4, -0.2) is 40.5 Å². The van der Waals surface area contributed by atoms with Crippen molar-refractivity contribution in [2.24, 2.45) is 5.92 Å². The van der Waals surface area contributed by atoms with E-state index in [1.54, 1.807) is 14.2 Å². The van der Waals surface area contributed by atoms with E-state index in [2.05, 4.69) is 17.4 Å². The maximum Gasteiger partial charge on any atom is 0.0587 e. The minimum atomic E-state index is 0.466. The second-order valence-electron chi connectivity index (χ2n) is 4.35. The molecular weight excluding hydrogens is 250 g/mol. The lowest BCUT2D eigenvalue weighted by molar-refractivity contribution is 0.147. The van der Waals surface area contributed by atoms with Gasteiger partial charge in [-0.2, -0.15) is 0 Å². The first-order valence-corrected chi connectivity index (χ1v) is 6.57. The zero-order valence-electron chi connectivity index (χ0n) is 11.1. The molecule has 0 aromatic heterocycles. The van der Waals surface area contributed by atoms with Crippen LogP contribution < -0.4 is 5.32 Å². The van der Waals surface area contributed by atoms with Crippen molar-refractivity contribution in [2.75, 3.05) is 40.5 Å². The Morgan fingerprint density at radius 1 is 1.17 bits per heavy atom. The molecule has 1 aromatic carbocycles. The average molecular weight is 272 g/mol. The van der Waals surface area contributed by atoms with Gasteiger partial charge in [0.05, 0.1) is 13.2 Å². The summed E-state index contributed by atoms with van der Waals surface area (Å²) in [6.45, 7) is 3.29. The Kier molecular flexibility index (Phi) is 8.01. The molecule has 0 aliphatic rings. The molecule has 4 heteroatoms. The quantitative estimate of drug-likeness (QED) is 0.700. The lowest BCUT2D eigenvalue weighted by Gasteiger charge is -2.17. The molecule has 0 saturated carbocycles. The van der Waals surface area contributed by atoms with E-state index in [-0.39, 0.29) is 0 Å². The zero-order chi connectivity index (χ0) is 13.2. The van der Waals surface area contributed by atoms with Crippen LogP contribution in [0.2, 0.25) is 5.02 Å². The van der Waals surface area contributed by atoms with Gasteiger partial charge in [-0.1, -0.05) is 23.7 Å². The molecule has 1 rings (SSSR count). The number of nitrogens with one attached hydrogen (secondary N) is 1. The summed E-state index contributed by atoms with van der Waals surface area (Å²) < 4.78 is 10.3. The Balaban J connectivity index is 2.38. The highest BCUT2D eigenvalue weighted by Gasteiger charge is 2.09. The van der Waals surface area contributed by atoms with Crippen LogP contribution in [0.15, 0.2) is 24.3 Å². The van der Waals surface area contributed by atoms with Gasteiger partial charge in [0.15, 0.2) is 0 Å². The third-order valence-corrected chi connectivity index (χ3v) is 3.01. The van der Waals surface area contributed by atoms with E-state index in [4.69, 9.17) is 21.1 Å². The molecular formula is C14H22ClNO2. The second kappa shape index (κ2) is 9.34. The minimum Gasteiger partial charge on any atom is -0.384 e. The summed E-state index contributed by atoms with van der Waals surface area (Å²) in [7, 11) is 3.45. The summed E-state index contributed by atoms with van der Waals surface area (Å²) in [5, 5.41) is 4.15. The van der Waals surface area contributed by atoms with E-state index in [1.807, 2.05) is 12.1 Å². The standard InChI is InChI=1S/C14H22ClNO2/c1-17-8-7-16-10-13(11-18-2)9-12-3-5-14(15)6-4-12/h3-6,13,16H,7-11H2,1-2H3. The predicted molar refractivity (Wildman–Crippen MR) is 75.3 cm³/mol. The molecule has 0 spiro atoms. The lowest BCUT2D eigenvalue weighted by Crippen LogP contribution is -2.29. The third kappa shape index (κ3) is 6.36. The lowest BCUT2D eigenvalue weighted by atomic mass is 10.00. The van der Waals surface area contributed by atoms with Crippen molar-refractivity contribution in [3.05, 3.63) is 34.9 Å². The van der Waals surface area contributed by atoms with Gasteiger partial charge in [0.1, 0.15) is 0 Å². The average Bonchev–Trinajstić information content (AvgIpc) is 2.37. The van der Waals surface area contributed by atoms with Gasteiger partial charge in [-0.05, 0) is 30.0 Å². The number of ether oxygens (including phenoxy) is 2. The molecule has 0 aliphatic carbocycles. The summed E-state index contributed by atoms with van der Waals surface area (Å²) in [4.78, 5) is 0. The van der Waals surface area contributed by atoms with E-state index in [9.17, 15) is 0 Å². The normalized spacial score (nSPS) is 12.6. The fourth-order valence-electron chi connectivity index (χ4n) is 1.86. The number of hydrogen-bond donors (Lipinski definition) is 1. The van der Waals surface area contributed by atoms with Crippen LogP contribution in [0.25, 0.3) is 0 Å². The molecule has 1 atom stereocenters. The van der Waals surface area contributed by atoms with Crippen LogP contribution in [0.4, 0.5) is 0 Å². The van der Waals surface area contributed by atoms with Gasteiger partial charge >= 0.3 is 0 Å². The van der Waals surface area contributed by atoms with E-state index in [1.165, 1.54) is 5.56 Å². The Bertz CT molecular complexity index is 316. The van der Waals surface area contributed by atoms with Gasteiger partial charge in [-0.3, -0.25) is 0 Å². The third-order valence-electron chi connectivity index (χ3n) is 2.76. The summed E-state index contributed by atoms with van der Waals surface area (Å²) in [5.74, 6) is 0.466. The zero-order valence-corrected chi connectivity index (χ0v) is 11.9. The fourth-order valence-corrected chi connectivity index (χ4v) is 1.99. The molecule has 1 aromatic rings. The van der Waals surface area contributed by atoms with Crippen molar-refractivity contribution in [3.8, 4) is 0 Å². The topological polar surface area (TPSA) is 30.5 Å². The van der Waals surface area contributed by atoms with E-state index < -0.39 is 0 Å². The summed E-state index contributed by atoms with van der Waals surface area (Å²) in [6.07, 6.45) is 0.991. The summed E-state index contributed by atoms with van der Waals surface area (Å²) in [5.41, 5.74) is 1.29. The van der Waals surface area contributed by atoms with Gasteiger partial charge in [0.2, 0.25) is 0 Å². The summed E-state index contributed by atoms with van der Waals surface area (Å²) in [6, 6.07) is 8.00. The molecule has 0 amide bonds. The predicted octanol–water partition coefficient (Wildman–Crippen LogP) is 2.38. The Labute approximate surface area is 114 Å². The highest BCUT2D eigenvalue weighted by Crippen LogP contribution is 2.13. The number of hydrogen-bond acceptors (Lipinski definition) is 3. The van der Waals surface area contributed by atoms with Crippen LogP contribution in [0, 0.1) is 5.92 Å². The molecule has 1 unspecified atom stereocenters. The van der Waals surface area contributed by atoms with E-state index in [0.717, 1.165) is 37.7 Å². The van der Waals surface area contributed by atoms with Crippen LogP contribution >= 0.6 is 11.6 Å². The Morgan fingerprint density at radius 3 is 2.50 bits per heavy atom. The Morgan fingerprint density at radius 2 is 1.89 bits per heavy atom. The smallest absolute Gasteiger partial charge is 0.0587 e. The molecule has 0 radical (unpaired) electrons. The van der Waals surface area contributed by atoms with Crippen molar-refractivity contribution < 1.29 is 9.47 Å². The van der Waals surface area contributed by atoms with Crippen LogP contribution in [0.1, 0.15) is 5.56 Å². The molecule has 0 bridgehead atoms. The second-order valence-corrected chi connectivity index (χ2v) is 4.79.